The van der Waals surface area contributed by atoms with E-state index in [1.165, 1.54) is 5.56 Å². The van der Waals surface area contributed by atoms with Crippen LogP contribution in [-0.4, -0.2) is 47.9 Å². The van der Waals surface area contributed by atoms with Crippen LogP contribution in [0.3, 0.4) is 0 Å². The summed E-state index contributed by atoms with van der Waals surface area (Å²) < 4.78 is 0. The third kappa shape index (κ3) is 4.05. The third-order valence-electron chi connectivity index (χ3n) is 3.94. The average Bonchev–Trinajstić information content (AvgIpc) is 2.48. The number of hydrogen-bond acceptors (Lipinski definition) is 3. The summed E-state index contributed by atoms with van der Waals surface area (Å²) in [5, 5.41) is 0. The molecular weight excluding hydrogens is 250 g/mol. The first-order valence-corrected chi connectivity index (χ1v) is 7.46. The lowest BCUT2D eigenvalue weighted by Gasteiger charge is -2.40. The highest BCUT2D eigenvalue weighted by molar-refractivity contribution is 5.76. The minimum Gasteiger partial charge on any atom is -0.340 e. The Labute approximate surface area is 121 Å². The quantitative estimate of drug-likeness (QED) is 0.885. The lowest BCUT2D eigenvalue weighted by molar-refractivity contribution is -0.134. The highest BCUT2D eigenvalue weighted by Gasteiger charge is 2.26. The summed E-state index contributed by atoms with van der Waals surface area (Å²) in [4.78, 5) is 16.5. The van der Waals surface area contributed by atoms with Gasteiger partial charge in [0.15, 0.2) is 0 Å². The fourth-order valence-electron chi connectivity index (χ4n) is 2.69. The molecule has 110 valence electrons. The Balaban J connectivity index is 1.84. The largest absolute Gasteiger partial charge is 0.340 e. The van der Waals surface area contributed by atoms with Crippen molar-refractivity contribution in [3.05, 3.63) is 35.9 Å². The van der Waals surface area contributed by atoms with Crippen LogP contribution in [0.15, 0.2) is 30.3 Å². The molecule has 1 aliphatic rings. The van der Waals surface area contributed by atoms with Crippen LogP contribution < -0.4 is 5.73 Å². The maximum atomic E-state index is 12.0. The molecule has 4 heteroatoms. The number of carbonyl (C=O) groups is 1. The van der Waals surface area contributed by atoms with Gasteiger partial charge in [-0.1, -0.05) is 30.3 Å². The number of benzene rings is 1. The van der Waals surface area contributed by atoms with Gasteiger partial charge >= 0.3 is 0 Å². The van der Waals surface area contributed by atoms with Crippen LogP contribution in [0.5, 0.6) is 0 Å². The van der Waals surface area contributed by atoms with Crippen LogP contribution in [0.4, 0.5) is 0 Å². The summed E-state index contributed by atoms with van der Waals surface area (Å²) in [6, 6.07) is 10.9. The van der Waals surface area contributed by atoms with Gasteiger partial charge in [-0.05, 0) is 25.5 Å². The van der Waals surface area contributed by atoms with Crippen LogP contribution in [0.1, 0.15) is 25.3 Å². The molecule has 2 rings (SSSR count). The number of nitrogens with two attached hydrogens (primary N) is 1. The maximum Gasteiger partial charge on any atom is 0.222 e. The molecule has 0 bridgehead atoms. The minimum absolute atomic E-state index is 0.252. The first-order valence-electron chi connectivity index (χ1n) is 7.46. The molecule has 1 amide bonds. The summed E-state index contributed by atoms with van der Waals surface area (Å²) in [6.45, 7) is 6.37. The van der Waals surface area contributed by atoms with E-state index in [0.717, 1.165) is 32.6 Å². The van der Waals surface area contributed by atoms with E-state index in [0.29, 0.717) is 19.0 Å². The van der Waals surface area contributed by atoms with Crippen molar-refractivity contribution in [3.63, 3.8) is 0 Å². The molecule has 0 aromatic heterocycles. The van der Waals surface area contributed by atoms with E-state index in [1.54, 1.807) is 0 Å². The van der Waals surface area contributed by atoms with Crippen molar-refractivity contribution in [1.29, 1.82) is 0 Å². The average molecular weight is 275 g/mol. The van der Waals surface area contributed by atoms with E-state index in [2.05, 4.69) is 36.1 Å². The second-order valence-corrected chi connectivity index (χ2v) is 5.54. The highest BCUT2D eigenvalue weighted by Crippen LogP contribution is 2.14. The monoisotopic (exact) mass is 275 g/mol. The number of rotatable bonds is 5. The van der Waals surface area contributed by atoms with Crippen molar-refractivity contribution < 1.29 is 4.79 Å². The number of carbonyl (C=O) groups excluding carboxylic acids is 1. The van der Waals surface area contributed by atoms with Crippen LogP contribution in [-0.2, 0) is 11.3 Å². The SMILES string of the molecule is CC1CN(C(=O)CCCN)CCN1Cc1ccccc1. The molecule has 1 aromatic rings. The number of nitrogens with zero attached hydrogens (tertiary/aromatic N) is 2. The van der Waals surface area contributed by atoms with Gasteiger partial charge in [-0.25, -0.2) is 0 Å². The number of piperazine rings is 1. The van der Waals surface area contributed by atoms with E-state index >= 15 is 0 Å². The van der Waals surface area contributed by atoms with Crippen LogP contribution in [0, 0.1) is 0 Å². The van der Waals surface area contributed by atoms with E-state index < -0.39 is 0 Å². The Morgan fingerprint density at radius 3 is 2.70 bits per heavy atom. The Kier molecular flexibility index (Phi) is 5.56. The van der Waals surface area contributed by atoms with E-state index in [4.69, 9.17) is 5.73 Å². The van der Waals surface area contributed by atoms with Crippen molar-refractivity contribution in [1.82, 2.24) is 9.80 Å². The molecule has 4 nitrogen and oxygen atoms in total. The molecular formula is C16H25N3O. The van der Waals surface area contributed by atoms with Gasteiger partial charge in [-0.3, -0.25) is 9.69 Å². The predicted molar refractivity (Wildman–Crippen MR) is 81.2 cm³/mol. The highest BCUT2D eigenvalue weighted by atomic mass is 16.2. The fraction of sp³-hybridized carbons (Fsp3) is 0.562. The zero-order valence-corrected chi connectivity index (χ0v) is 12.3. The summed E-state index contributed by atoms with van der Waals surface area (Å²) >= 11 is 0. The number of hydrogen-bond donors (Lipinski definition) is 1. The van der Waals surface area contributed by atoms with Crippen molar-refractivity contribution in [2.45, 2.75) is 32.4 Å². The Morgan fingerprint density at radius 1 is 1.30 bits per heavy atom. The standard InChI is InChI=1S/C16H25N3O/c1-14-12-19(16(20)8-5-9-17)11-10-18(14)13-15-6-3-2-4-7-15/h2-4,6-7,14H,5,8-13,17H2,1H3. The molecule has 1 atom stereocenters. The summed E-state index contributed by atoms with van der Waals surface area (Å²) in [6.07, 6.45) is 1.37. The maximum absolute atomic E-state index is 12.0. The molecule has 0 aliphatic carbocycles. The molecule has 1 aromatic carbocycles. The van der Waals surface area contributed by atoms with E-state index in [9.17, 15) is 4.79 Å². The molecule has 1 fully saturated rings. The minimum atomic E-state index is 0.252. The summed E-state index contributed by atoms with van der Waals surface area (Å²) in [5.41, 5.74) is 6.80. The zero-order chi connectivity index (χ0) is 14.4. The summed E-state index contributed by atoms with van der Waals surface area (Å²) in [5.74, 6) is 0.252. The Bertz CT molecular complexity index is 421. The molecule has 20 heavy (non-hydrogen) atoms. The predicted octanol–water partition coefficient (Wildman–Crippen LogP) is 1.46. The van der Waals surface area contributed by atoms with Gasteiger partial charge in [0.2, 0.25) is 5.91 Å². The van der Waals surface area contributed by atoms with Gasteiger partial charge in [-0.2, -0.15) is 0 Å². The van der Waals surface area contributed by atoms with Gasteiger partial charge in [0.05, 0.1) is 0 Å². The van der Waals surface area contributed by atoms with Gasteiger partial charge < -0.3 is 10.6 Å². The van der Waals surface area contributed by atoms with Crippen LogP contribution >= 0.6 is 0 Å². The molecule has 0 saturated carbocycles. The van der Waals surface area contributed by atoms with Gasteiger partial charge in [0, 0.05) is 38.6 Å². The van der Waals surface area contributed by atoms with Crippen molar-refractivity contribution in [3.8, 4) is 0 Å². The van der Waals surface area contributed by atoms with Gasteiger partial charge in [0.25, 0.3) is 0 Å². The van der Waals surface area contributed by atoms with Gasteiger partial charge in [0.1, 0.15) is 0 Å². The van der Waals surface area contributed by atoms with Gasteiger partial charge in [-0.15, -0.1) is 0 Å². The third-order valence-corrected chi connectivity index (χ3v) is 3.94. The lowest BCUT2D eigenvalue weighted by atomic mass is 10.1. The number of amides is 1. The molecule has 0 radical (unpaired) electrons. The van der Waals surface area contributed by atoms with Crippen molar-refractivity contribution in [2.75, 3.05) is 26.2 Å². The topological polar surface area (TPSA) is 49.6 Å². The van der Waals surface area contributed by atoms with Crippen LogP contribution in [0.2, 0.25) is 0 Å². The van der Waals surface area contributed by atoms with Crippen molar-refractivity contribution >= 4 is 5.91 Å². The fourth-order valence-corrected chi connectivity index (χ4v) is 2.69. The Hall–Kier alpha value is -1.39. The normalized spacial score (nSPS) is 20.1. The lowest BCUT2D eigenvalue weighted by Crippen LogP contribution is -2.53. The smallest absolute Gasteiger partial charge is 0.222 e. The zero-order valence-electron chi connectivity index (χ0n) is 12.3. The second-order valence-electron chi connectivity index (χ2n) is 5.54. The molecule has 1 heterocycles. The molecule has 2 N–H and O–H groups in total. The van der Waals surface area contributed by atoms with E-state index in [1.807, 2.05) is 11.0 Å². The molecule has 1 unspecified atom stereocenters. The first-order chi connectivity index (χ1) is 9.70. The van der Waals surface area contributed by atoms with Crippen molar-refractivity contribution in [2.24, 2.45) is 5.73 Å². The van der Waals surface area contributed by atoms with E-state index in [-0.39, 0.29) is 5.91 Å². The summed E-state index contributed by atoms with van der Waals surface area (Å²) in [7, 11) is 0. The Morgan fingerprint density at radius 2 is 2.05 bits per heavy atom. The molecule has 1 saturated heterocycles. The molecule has 1 aliphatic heterocycles. The second kappa shape index (κ2) is 7.41. The van der Waals surface area contributed by atoms with Crippen LogP contribution in [0.25, 0.3) is 0 Å². The molecule has 0 spiro atoms. The first kappa shape index (κ1) is 15.0.